The van der Waals surface area contributed by atoms with Crippen molar-refractivity contribution >= 4 is 52.2 Å². The molecule has 4 nitrogen and oxygen atoms in total. The van der Waals surface area contributed by atoms with Gasteiger partial charge >= 0.3 is 0 Å². The Morgan fingerprint density at radius 1 is 1.12 bits per heavy atom. The number of nitrogens with one attached hydrogen (secondary N) is 2. The molecule has 2 N–H and O–H groups in total. The van der Waals surface area contributed by atoms with Crippen LogP contribution in [-0.4, -0.2) is 17.5 Å². The Labute approximate surface area is 163 Å². The van der Waals surface area contributed by atoms with Crippen LogP contribution in [0.4, 0.5) is 0 Å². The molecule has 0 spiro atoms. The molecule has 0 atom stereocenters. The quantitative estimate of drug-likeness (QED) is 0.347. The third kappa shape index (κ3) is 4.91. The Hall–Kier alpha value is -1.67. The fourth-order valence-corrected chi connectivity index (χ4v) is 3.03. The van der Waals surface area contributed by atoms with E-state index in [-0.39, 0.29) is 24.0 Å². The van der Waals surface area contributed by atoms with Crippen LogP contribution in [0.3, 0.4) is 0 Å². The van der Waals surface area contributed by atoms with Gasteiger partial charge < -0.3 is 10.6 Å². The first kappa shape index (κ1) is 18.7. The number of hydrogen-bond donors (Lipinski definition) is 2. The standard InChI is InChI=1S/C18H20N4S.HI/c1-2-19-18(22-13-15-6-5-11-23-15)21-12-14-9-10-20-17-8-4-3-7-16(14)17;/h3-11H,2,12-13H2,1H3,(H2,19,21,22);1H. The van der Waals surface area contributed by atoms with Gasteiger partial charge in [-0.15, -0.1) is 35.3 Å². The second kappa shape index (κ2) is 9.58. The predicted octanol–water partition coefficient (Wildman–Crippen LogP) is 4.17. The smallest absolute Gasteiger partial charge is 0.191 e. The molecule has 24 heavy (non-hydrogen) atoms. The number of aliphatic imine (C=N–C) groups is 1. The highest BCUT2D eigenvalue weighted by molar-refractivity contribution is 14.0. The summed E-state index contributed by atoms with van der Waals surface area (Å²) in [7, 11) is 0. The summed E-state index contributed by atoms with van der Waals surface area (Å²) in [6.45, 7) is 4.33. The van der Waals surface area contributed by atoms with Gasteiger partial charge in [0.05, 0.1) is 18.6 Å². The van der Waals surface area contributed by atoms with Crippen molar-refractivity contribution in [3.63, 3.8) is 0 Å². The molecular weight excluding hydrogens is 431 g/mol. The second-order valence-electron chi connectivity index (χ2n) is 5.12. The molecule has 0 fully saturated rings. The lowest BCUT2D eigenvalue weighted by molar-refractivity contribution is 0.824. The van der Waals surface area contributed by atoms with E-state index in [9.17, 15) is 0 Å². The number of guanidine groups is 1. The lowest BCUT2D eigenvalue weighted by Gasteiger charge is -2.11. The average Bonchev–Trinajstić information content (AvgIpc) is 3.11. The van der Waals surface area contributed by atoms with Crippen molar-refractivity contribution in [2.24, 2.45) is 4.99 Å². The van der Waals surface area contributed by atoms with E-state index in [0.717, 1.165) is 30.0 Å². The van der Waals surface area contributed by atoms with Crippen LogP contribution in [0.15, 0.2) is 59.0 Å². The molecule has 2 aromatic heterocycles. The van der Waals surface area contributed by atoms with Crippen LogP contribution < -0.4 is 10.6 Å². The minimum absolute atomic E-state index is 0. The molecule has 2 heterocycles. The fourth-order valence-electron chi connectivity index (χ4n) is 2.38. The number of pyridine rings is 1. The van der Waals surface area contributed by atoms with Gasteiger partial charge in [-0.3, -0.25) is 4.98 Å². The summed E-state index contributed by atoms with van der Waals surface area (Å²) in [5, 5.41) is 9.91. The first-order chi connectivity index (χ1) is 11.4. The van der Waals surface area contributed by atoms with Crippen LogP contribution in [0.2, 0.25) is 0 Å². The largest absolute Gasteiger partial charge is 0.357 e. The van der Waals surface area contributed by atoms with Crippen LogP contribution in [-0.2, 0) is 13.1 Å². The summed E-state index contributed by atoms with van der Waals surface area (Å²) >= 11 is 1.75. The van der Waals surface area contributed by atoms with Crippen LogP contribution in [0, 0.1) is 0 Å². The molecule has 3 aromatic rings. The summed E-state index contributed by atoms with van der Waals surface area (Å²) in [4.78, 5) is 10.4. The van der Waals surface area contributed by atoms with Crippen molar-refractivity contribution < 1.29 is 0 Å². The molecule has 1 aromatic carbocycles. The van der Waals surface area contributed by atoms with Crippen molar-refractivity contribution in [1.29, 1.82) is 0 Å². The van der Waals surface area contributed by atoms with E-state index in [2.05, 4.69) is 46.1 Å². The summed E-state index contributed by atoms with van der Waals surface area (Å²) in [5.74, 6) is 0.835. The Morgan fingerprint density at radius 3 is 2.79 bits per heavy atom. The maximum absolute atomic E-state index is 4.70. The Bertz CT molecular complexity index is 781. The molecule has 0 aliphatic rings. The summed E-state index contributed by atoms with van der Waals surface area (Å²) in [6.07, 6.45) is 1.85. The monoisotopic (exact) mass is 452 g/mol. The zero-order valence-corrected chi connectivity index (χ0v) is 16.7. The lowest BCUT2D eigenvalue weighted by Crippen LogP contribution is -2.36. The molecule has 0 saturated heterocycles. The molecule has 6 heteroatoms. The normalized spacial score (nSPS) is 11.1. The van der Waals surface area contributed by atoms with Gasteiger partial charge in [-0.25, -0.2) is 4.99 Å². The van der Waals surface area contributed by atoms with Crippen LogP contribution in [0.1, 0.15) is 17.4 Å². The first-order valence-electron chi connectivity index (χ1n) is 7.74. The van der Waals surface area contributed by atoms with E-state index in [1.807, 2.05) is 30.5 Å². The van der Waals surface area contributed by atoms with E-state index in [0.29, 0.717) is 6.54 Å². The van der Waals surface area contributed by atoms with E-state index in [1.54, 1.807) is 11.3 Å². The number of fused-ring (bicyclic) bond motifs is 1. The zero-order valence-electron chi connectivity index (χ0n) is 13.5. The Morgan fingerprint density at radius 2 is 2.00 bits per heavy atom. The van der Waals surface area contributed by atoms with Gasteiger partial charge in [0.25, 0.3) is 0 Å². The number of aromatic nitrogens is 1. The van der Waals surface area contributed by atoms with Crippen molar-refractivity contribution in [1.82, 2.24) is 15.6 Å². The maximum atomic E-state index is 4.70. The topological polar surface area (TPSA) is 49.3 Å². The van der Waals surface area contributed by atoms with Crippen molar-refractivity contribution in [2.75, 3.05) is 6.54 Å². The predicted molar refractivity (Wildman–Crippen MR) is 113 cm³/mol. The highest BCUT2D eigenvalue weighted by atomic mass is 127. The number of rotatable bonds is 5. The molecule has 0 aliphatic carbocycles. The van der Waals surface area contributed by atoms with Gasteiger partial charge in [-0.1, -0.05) is 24.3 Å². The van der Waals surface area contributed by atoms with Gasteiger partial charge in [0.15, 0.2) is 5.96 Å². The van der Waals surface area contributed by atoms with Gasteiger partial charge in [-0.2, -0.15) is 0 Å². The number of para-hydroxylation sites is 1. The van der Waals surface area contributed by atoms with Crippen molar-refractivity contribution in [2.45, 2.75) is 20.0 Å². The Balaban J connectivity index is 0.00000208. The zero-order chi connectivity index (χ0) is 15.9. The number of halogens is 1. The summed E-state index contributed by atoms with van der Waals surface area (Å²) < 4.78 is 0. The fraction of sp³-hybridized carbons (Fsp3) is 0.222. The number of hydrogen-bond acceptors (Lipinski definition) is 3. The lowest BCUT2D eigenvalue weighted by atomic mass is 10.1. The minimum atomic E-state index is 0. The highest BCUT2D eigenvalue weighted by Crippen LogP contribution is 2.16. The first-order valence-corrected chi connectivity index (χ1v) is 8.62. The molecule has 0 unspecified atom stereocenters. The molecule has 3 rings (SSSR count). The third-order valence-electron chi connectivity index (χ3n) is 3.50. The van der Waals surface area contributed by atoms with Crippen LogP contribution in [0.5, 0.6) is 0 Å². The van der Waals surface area contributed by atoms with E-state index < -0.39 is 0 Å². The number of benzene rings is 1. The van der Waals surface area contributed by atoms with Crippen molar-refractivity contribution in [3.05, 3.63) is 64.5 Å². The van der Waals surface area contributed by atoms with Gasteiger partial charge in [0, 0.05) is 23.0 Å². The molecule has 0 aliphatic heterocycles. The molecule has 126 valence electrons. The molecule has 0 saturated carbocycles. The van der Waals surface area contributed by atoms with Crippen LogP contribution in [0.25, 0.3) is 10.9 Å². The molecular formula is C18H21IN4S. The van der Waals surface area contributed by atoms with E-state index in [4.69, 9.17) is 4.99 Å². The Kier molecular flexibility index (Phi) is 7.45. The van der Waals surface area contributed by atoms with Crippen LogP contribution >= 0.6 is 35.3 Å². The second-order valence-corrected chi connectivity index (χ2v) is 6.15. The average molecular weight is 452 g/mol. The molecule has 0 bridgehead atoms. The maximum Gasteiger partial charge on any atom is 0.191 e. The number of nitrogens with zero attached hydrogens (tertiary/aromatic N) is 2. The summed E-state index contributed by atoms with van der Waals surface area (Å²) in [6, 6.07) is 14.4. The van der Waals surface area contributed by atoms with Gasteiger partial charge in [0.1, 0.15) is 0 Å². The molecule has 0 radical (unpaired) electrons. The SMILES string of the molecule is CCNC(=NCc1ccnc2ccccc12)NCc1cccs1.I. The minimum Gasteiger partial charge on any atom is -0.357 e. The number of thiophene rings is 1. The van der Waals surface area contributed by atoms with Gasteiger partial charge in [0.2, 0.25) is 0 Å². The third-order valence-corrected chi connectivity index (χ3v) is 4.38. The highest BCUT2D eigenvalue weighted by Gasteiger charge is 2.02. The molecule has 0 amide bonds. The summed E-state index contributed by atoms with van der Waals surface area (Å²) in [5.41, 5.74) is 2.20. The van der Waals surface area contributed by atoms with E-state index in [1.165, 1.54) is 10.4 Å². The van der Waals surface area contributed by atoms with Crippen molar-refractivity contribution in [3.8, 4) is 0 Å². The van der Waals surface area contributed by atoms with E-state index >= 15 is 0 Å². The van der Waals surface area contributed by atoms with Gasteiger partial charge in [-0.05, 0) is 36.1 Å².